The van der Waals surface area contributed by atoms with Gasteiger partial charge in [-0.15, -0.1) is 24.8 Å². The smallest absolute Gasteiger partial charge is 0.390 e. The van der Waals surface area contributed by atoms with E-state index in [9.17, 15) is 18.3 Å². The van der Waals surface area contributed by atoms with Crippen molar-refractivity contribution in [1.82, 2.24) is 10.2 Å². The molecular formula is C14H21Cl2F3N2O. The summed E-state index contributed by atoms with van der Waals surface area (Å²) in [5, 5.41) is 13.0. The van der Waals surface area contributed by atoms with Crippen LogP contribution in [0.1, 0.15) is 23.6 Å². The van der Waals surface area contributed by atoms with E-state index in [-0.39, 0.29) is 30.6 Å². The molecule has 0 saturated carbocycles. The molecule has 8 heteroatoms. The molecule has 1 fully saturated rings. The number of piperazine rings is 1. The van der Waals surface area contributed by atoms with Crippen molar-refractivity contribution in [3.63, 3.8) is 0 Å². The zero-order chi connectivity index (χ0) is 14.8. The predicted molar refractivity (Wildman–Crippen MR) is 85.2 cm³/mol. The quantitative estimate of drug-likeness (QED) is 0.866. The van der Waals surface area contributed by atoms with Gasteiger partial charge in [0.1, 0.15) is 5.75 Å². The van der Waals surface area contributed by atoms with Crippen LogP contribution in [-0.2, 0) is 0 Å². The van der Waals surface area contributed by atoms with Gasteiger partial charge in [0.15, 0.2) is 0 Å². The third kappa shape index (κ3) is 5.83. The Kier molecular flexibility index (Phi) is 8.54. The number of nitrogens with zero attached hydrogens (tertiary/aromatic N) is 1. The van der Waals surface area contributed by atoms with Crippen molar-refractivity contribution in [2.45, 2.75) is 25.6 Å². The number of hydrogen-bond acceptors (Lipinski definition) is 3. The van der Waals surface area contributed by atoms with Crippen molar-refractivity contribution in [2.24, 2.45) is 0 Å². The van der Waals surface area contributed by atoms with Crippen molar-refractivity contribution in [3.8, 4) is 5.75 Å². The van der Waals surface area contributed by atoms with Crippen molar-refractivity contribution < 1.29 is 18.3 Å². The Labute approximate surface area is 140 Å². The summed E-state index contributed by atoms with van der Waals surface area (Å²) >= 11 is 0. The van der Waals surface area contributed by atoms with E-state index < -0.39 is 18.6 Å². The van der Waals surface area contributed by atoms with E-state index in [1.807, 2.05) is 6.92 Å². The van der Waals surface area contributed by atoms with Crippen molar-refractivity contribution in [1.29, 1.82) is 0 Å². The van der Waals surface area contributed by atoms with Crippen LogP contribution in [0.15, 0.2) is 18.2 Å². The fourth-order valence-electron chi connectivity index (χ4n) is 2.59. The highest BCUT2D eigenvalue weighted by molar-refractivity contribution is 5.85. The van der Waals surface area contributed by atoms with E-state index in [4.69, 9.17) is 0 Å². The molecule has 1 saturated heterocycles. The summed E-state index contributed by atoms with van der Waals surface area (Å²) in [5.41, 5.74) is 1.21. The predicted octanol–water partition coefficient (Wildman–Crippen LogP) is 3.44. The topological polar surface area (TPSA) is 35.5 Å². The molecule has 0 amide bonds. The van der Waals surface area contributed by atoms with Gasteiger partial charge in [-0.1, -0.05) is 17.7 Å². The van der Waals surface area contributed by atoms with Crippen LogP contribution in [0, 0.1) is 6.92 Å². The molecule has 1 atom stereocenters. The van der Waals surface area contributed by atoms with Gasteiger partial charge in [0, 0.05) is 37.8 Å². The summed E-state index contributed by atoms with van der Waals surface area (Å²) in [6.45, 7) is 4.25. The molecule has 0 bridgehead atoms. The first kappa shape index (κ1) is 21.3. The number of hydrogen-bond donors (Lipinski definition) is 2. The summed E-state index contributed by atoms with van der Waals surface area (Å²) in [4.78, 5) is 1.79. The maximum absolute atomic E-state index is 12.9. The fourth-order valence-corrected chi connectivity index (χ4v) is 2.59. The van der Waals surface area contributed by atoms with Gasteiger partial charge < -0.3 is 10.4 Å². The van der Waals surface area contributed by atoms with Crippen LogP contribution in [0.25, 0.3) is 0 Å². The molecule has 1 heterocycles. The zero-order valence-corrected chi connectivity index (χ0v) is 13.8. The Morgan fingerprint density at radius 1 is 1.23 bits per heavy atom. The van der Waals surface area contributed by atoms with Crippen molar-refractivity contribution in [3.05, 3.63) is 29.3 Å². The zero-order valence-electron chi connectivity index (χ0n) is 12.2. The van der Waals surface area contributed by atoms with Gasteiger partial charge >= 0.3 is 6.18 Å². The van der Waals surface area contributed by atoms with Gasteiger partial charge in [-0.3, -0.25) is 4.90 Å². The lowest BCUT2D eigenvalue weighted by Gasteiger charge is -2.36. The maximum Gasteiger partial charge on any atom is 0.390 e. The SMILES string of the molecule is Cc1ccc(O)c([C@H](CC(F)(F)F)N2CCNCC2)c1.Cl.Cl. The number of phenols is 1. The number of benzene rings is 1. The van der Waals surface area contributed by atoms with E-state index in [1.54, 1.807) is 17.0 Å². The number of aryl methyl sites for hydroxylation is 1. The summed E-state index contributed by atoms with van der Waals surface area (Å²) < 4.78 is 38.6. The first-order valence-electron chi connectivity index (χ1n) is 6.68. The minimum absolute atomic E-state index is 0. The molecule has 22 heavy (non-hydrogen) atoms. The van der Waals surface area contributed by atoms with Crippen LogP contribution in [0.3, 0.4) is 0 Å². The Morgan fingerprint density at radius 2 is 1.82 bits per heavy atom. The van der Waals surface area contributed by atoms with E-state index in [0.29, 0.717) is 31.7 Å². The Bertz CT molecular complexity index is 466. The summed E-state index contributed by atoms with van der Waals surface area (Å²) in [6.07, 6.45) is -5.20. The lowest BCUT2D eigenvalue weighted by Crippen LogP contribution is -2.46. The van der Waals surface area contributed by atoms with Crippen LogP contribution >= 0.6 is 24.8 Å². The molecule has 1 aliphatic heterocycles. The largest absolute Gasteiger partial charge is 0.508 e. The maximum atomic E-state index is 12.9. The van der Waals surface area contributed by atoms with E-state index in [0.717, 1.165) is 5.56 Å². The van der Waals surface area contributed by atoms with Crippen LogP contribution in [0.5, 0.6) is 5.75 Å². The van der Waals surface area contributed by atoms with Crippen molar-refractivity contribution >= 4 is 24.8 Å². The molecule has 128 valence electrons. The Morgan fingerprint density at radius 3 is 2.36 bits per heavy atom. The second-order valence-corrected chi connectivity index (χ2v) is 5.18. The summed E-state index contributed by atoms with van der Waals surface area (Å²) in [6, 6.07) is 3.99. The van der Waals surface area contributed by atoms with Crippen LogP contribution in [0.4, 0.5) is 13.2 Å². The monoisotopic (exact) mass is 360 g/mol. The molecule has 2 N–H and O–H groups in total. The second-order valence-electron chi connectivity index (χ2n) is 5.18. The third-order valence-corrected chi connectivity index (χ3v) is 3.56. The van der Waals surface area contributed by atoms with Gasteiger partial charge in [-0.25, -0.2) is 0 Å². The normalized spacial score (nSPS) is 17.3. The number of nitrogens with one attached hydrogen (secondary N) is 1. The second kappa shape index (κ2) is 8.82. The van der Waals surface area contributed by atoms with Gasteiger partial charge in [0.05, 0.1) is 6.42 Å². The number of halogens is 5. The first-order chi connectivity index (χ1) is 9.37. The standard InChI is InChI=1S/C14H19F3N2O.2ClH/c1-10-2-3-13(20)11(8-10)12(9-14(15,16)17)19-6-4-18-5-7-19;;/h2-3,8,12,18,20H,4-7,9H2,1H3;2*1H/t12-;;/m0../s1. The average molecular weight is 361 g/mol. The number of rotatable bonds is 3. The molecule has 1 aromatic carbocycles. The molecule has 3 nitrogen and oxygen atoms in total. The molecule has 0 spiro atoms. The highest BCUT2D eigenvalue weighted by Crippen LogP contribution is 2.37. The van der Waals surface area contributed by atoms with Gasteiger partial charge in [0.2, 0.25) is 0 Å². The van der Waals surface area contributed by atoms with Crippen molar-refractivity contribution in [2.75, 3.05) is 26.2 Å². The van der Waals surface area contributed by atoms with Gasteiger partial charge in [0.25, 0.3) is 0 Å². The molecule has 1 aliphatic rings. The number of phenolic OH excluding ortho intramolecular Hbond substituents is 1. The van der Waals surface area contributed by atoms with E-state index in [2.05, 4.69) is 5.32 Å². The van der Waals surface area contributed by atoms with E-state index >= 15 is 0 Å². The first-order valence-corrected chi connectivity index (χ1v) is 6.68. The highest BCUT2D eigenvalue weighted by atomic mass is 35.5. The minimum Gasteiger partial charge on any atom is -0.508 e. The summed E-state index contributed by atoms with van der Waals surface area (Å²) in [5.74, 6) is -0.0663. The number of aromatic hydroxyl groups is 1. The molecule has 0 radical (unpaired) electrons. The fraction of sp³-hybridized carbons (Fsp3) is 0.571. The third-order valence-electron chi connectivity index (χ3n) is 3.56. The lowest BCUT2D eigenvalue weighted by atomic mass is 9.98. The molecule has 0 aliphatic carbocycles. The molecule has 0 unspecified atom stereocenters. The van der Waals surface area contributed by atoms with Gasteiger partial charge in [-0.05, 0) is 13.0 Å². The van der Waals surface area contributed by atoms with Gasteiger partial charge in [-0.2, -0.15) is 13.2 Å². The molecular weight excluding hydrogens is 340 g/mol. The highest BCUT2D eigenvalue weighted by Gasteiger charge is 2.37. The molecule has 0 aromatic heterocycles. The van der Waals surface area contributed by atoms with E-state index in [1.165, 1.54) is 6.07 Å². The van der Waals surface area contributed by atoms with Crippen LogP contribution in [-0.4, -0.2) is 42.4 Å². The Hall–Kier alpha value is -0.690. The summed E-state index contributed by atoms with van der Waals surface area (Å²) in [7, 11) is 0. The number of alkyl halides is 3. The van der Waals surface area contributed by atoms with Crippen LogP contribution < -0.4 is 5.32 Å². The minimum atomic E-state index is -4.26. The molecule has 2 rings (SSSR count). The molecule has 1 aromatic rings. The lowest BCUT2D eigenvalue weighted by molar-refractivity contribution is -0.148. The van der Waals surface area contributed by atoms with Crippen LogP contribution in [0.2, 0.25) is 0 Å². The average Bonchev–Trinajstić information content (AvgIpc) is 2.39. The Balaban J connectivity index is 0.00000220.